The van der Waals surface area contributed by atoms with Crippen molar-refractivity contribution < 1.29 is 19.7 Å². The first kappa shape index (κ1) is 12.5. The van der Waals surface area contributed by atoms with Gasteiger partial charge in [-0.15, -0.1) is 0 Å². The average molecular weight is 216 g/mol. The molecule has 4 heteroatoms. The maximum Gasteiger partial charge on any atom is 0.309 e. The van der Waals surface area contributed by atoms with E-state index in [1.165, 1.54) is 0 Å². The van der Waals surface area contributed by atoms with Gasteiger partial charge in [0.25, 0.3) is 0 Å². The monoisotopic (exact) mass is 216 g/mol. The zero-order valence-corrected chi connectivity index (χ0v) is 9.40. The molecule has 2 N–H and O–H groups in total. The quantitative estimate of drug-likeness (QED) is 0.745. The van der Waals surface area contributed by atoms with Crippen LogP contribution in [0.3, 0.4) is 0 Å². The lowest BCUT2D eigenvalue weighted by atomic mass is 9.75. The van der Waals surface area contributed by atoms with Crippen LogP contribution < -0.4 is 0 Å². The van der Waals surface area contributed by atoms with E-state index in [4.69, 9.17) is 9.84 Å². The first-order valence-electron chi connectivity index (χ1n) is 5.50. The van der Waals surface area contributed by atoms with Crippen LogP contribution in [0.4, 0.5) is 0 Å². The Bertz CT molecular complexity index is 217. The molecular formula is C11H20O4. The standard InChI is InChI=1S/C11H20O4/c1-8(2)9(10(12)13)11(14)4-3-6-15-7-5-11/h8-9,14H,3-7H2,1-2H3,(H,12,13). The molecule has 0 radical (unpaired) electrons. The van der Waals surface area contributed by atoms with E-state index < -0.39 is 17.5 Å². The fraction of sp³-hybridized carbons (Fsp3) is 0.909. The van der Waals surface area contributed by atoms with Crippen LogP contribution in [0.5, 0.6) is 0 Å². The highest BCUT2D eigenvalue weighted by atomic mass is 16.5. The van der Waals surface area contributed by atoms with Crippen molar-refractivity contribution in [2.75, 3.05) is 13.2 Å². The van der Waals surface area contributed by atoms with Gasteiger partial charge in [0, 0.05) is 19.6 Å². The Labute approximate surface area is 90.2 Å². The molecule has 88 valence electrons. The van der Waals surface area contributed by atoms with Gasteiger partial charge in [-0.25, -0.2) is 0 Å². The molecule has 1 saturated heterocycles. The number of hydrogen-bond acceptors (Lipinski definition) is 3. The smallest absolute Gasteiger partial charge is 0.309 e. The summed E-state index contributed by atoms with van der Waals surface area (Å²) in [4.78, 5) is 11.2. The molecule has 2 unspecified atom stereocenters. The van der Waals surface area contributed by atoms with Gasteiger partial charge in [-0.3, -0.25) is 4.79 Å². The van der Waals surface area contributed by atoms with Gasteiger partial charge in [0.05, 0.1) is 11.5 Å². The molecule has 0 bridgehead atoms. The summed E-state index contributed by atoms with van der Waals surface area (Å²) in [5.74, 6) is -1.67. The van der Waals surface area contributed by atoms with Crippen molar-refractivity contribution in [3.8, 4) is 0 Å². The van der Waals surface area contributed by atoms with Crippen molar-refractivity contribution in [1.29, 1.82) is 0 Å². The van der Waals surface area contributed by atoms with Gasteiger partial charge < -0.3 is 14.9 Å². The van der Waals surface area contributed by atoms with Crippen LogP contribution in [-0.4, -0.2) is 35.0 Å². The molecule has 4 nitrogen and oxygen atoms in total. The van der Waals surface area contributed by atoms with E-state index >= 15 is 0 Å². The second-order valence-electron chi connectivity index (χ2n) is 4.63. The Morgan fingerprint density at radius 2 is 2.00 bits per heavy atom. The molecule has 1 fully saturated rings. The Kier molecular flexibility index (Phi) is 4.11. The van der Waals surface area contributed by atoms with Gasteiger partial charge in [0.2, 0.25) is 0 Å². The number of carboxylic acids is 1. The molecule has 0 aromatic carbocycles. The van der Waals surface area contributed by atoms with Crippen LogP contribution in [0.2, 0.25) is 0 Å². The van der Waals surface area contributed by atoms with Crippen LogP contribution in [-0.2, 0) is 9.53 Å². The number of carboxylic acid groups (broad SMARTS) is 1. The summed E-state index contributed by atoms with van der Waals surface area (Å²) in [7, 11) is 0. The van der Waals surface area contributed by atoms with Crippen LogP contribution >= 0.6 is 0 Å². The summed E-state index contributed by atoms with van der Waals surface area (Å²) in [6.07, 6.45) is 1.66. The second kappa shape index (κ2) is 4.94. The highest BCUT2D eigenvalue weighted by molar-refractivity contribution is 5.71. The van der Waals surface area contributed by atoms with E-state index in [9.17, 15) is 9.90 Å². The summed E-state index contributed by atoms with van der Waals surface area (Å²) in [5.41, 5.74) is -1.10. The topological polar surface area (TPSA) is 66.8 Å². The zero-order valence-electron chi connectivity index (χ0n) is 9.40. The maximum atomic E-state index is 11.2. The fourth-order valence-corrected chi connectivity index (χ4v) is 2.40. The van der Waals surface area contributed by atoms with Crippen LogP contribution in [0.15, 0.2) is 0 Å². The molecule has 2 atom stereocenters. The predicted molar refractivity (Wildman–Crippen MR) is 55.6 cm³/mol. The lowest BCUT2D eigenvalue weighted by molar-refractivity contribution is -0.157. The largest absolute Gasteiger partial charge is 0.481 e. The van der Waals surface area contributed by atoms with E-state index in [0.29, 0.717) is 26.1 Å². The minimum atomic E-state index is -1.10. The molecule has 0 saturated carbocycles. The number of ether oxygens (including phenoxy) is 1. The van der Waals surface area contributed by atoms with E-state index in [1.807, 2.05) is 13.8 Å². The fourth-order valence-electron chi connectivity index (χ4n) is 2.40. The average Bonchev–Trinajstić information content (AvgIpc) is 2.28. The maximum absolute atomic E-state index is 11.2. The Morgan fingerprint density at radius 1 is 1.33 bits per heavy atom. The van der Waals surface area contributed by atoms with Crippen molar-refractivity contribution in [3.05, 3.63) is 0 Å². The third kappa shape index (κ3) is 2.92. The lowest BCUT2D eigenvalue weighted by Crippen LogP contribution is -2.45. The van der Waals surface area contributed by atoms with Crippen molar-refractivity contribution in [3.63, 3.8) is 0 Å². The first-order valence-corrected chi connectivity index (χ1v) is 5.50. The SMILES string of the molecule is CC(C)C(C(=O)O)C1(O)CCCOCC1. The summed E-state index contributed by atoms with van der Waals surface area (Å²) >= 11 is 0. The minimum absolute atomic E-state index is 0.0643. The lowest BCUT2D eigenvalue weighted by Gasteiger charge is -2.34. The summed E-state index contributed by atoms with van der Waals surface area (Å²) in [5, 5.41) is 19.5. The number of aliphatic carboxylic acids is 1. The van der Waals surface area contributed by atoms with Gasteiger partial charge in [-0.05, 0) is 18.8 Å². The van der Waals surface area contributed by atoms with Crippen molar-refractivity contribution in [2.24, 2.45) is 11.8 Å². The third-order valence-corrected chi connectivity index (χ3v) is 3.09. The van der Waals surface area contributed by atoms with Crippen molar-refractivity contribution in [1.82, 2.24) is 0 Å². The summed E-state index contributed by atoms with van der Waals surface area (Å²) in [6.45, 7) is 4.74. The van der Waals surface area contributed by atoms with Crippen molar-refractivity contribution in [2.45, 2.75) is 38.7 Å². The number of aliphatic hydroxyl groups is 1. The molecule has 0 spiro atoms. The van der Waals surface area contributed by atoms with E-state index in [1.54, 1.807) is 0 Å². The Hall–Kier alpha value is -0.610. The molecule has 1 aliphatic heterocycles. The van der Waals surface area contributed by atoms with Crippen LogP contribution in [0.1, 0.15) is 33.1 Å². The van der Waals surface area contributed by atoms with Gasteiger partial charge in [0.15, 0.2) is 0 Å². The Balaban J connectivity index is 2.82. The molecule has 1 heterocycles. The van der Waals surface area contributed by atoms with E-state index in [2.05, 4.69) is 0 Å². The molecule has 0 amide bonds. The minimum Gasteiger partial charge on any atom is -0.481 e. The van der Waals surface area contributed by atoms with Crippen molar-refractivity contribution >= 4 is 5.97 Å². The van der Waals surface area contributed by atoms with E-state index in [0.717, 1.165) is 6.42 Å². The molecule has 1 aliphatic rings. The molecular weight excluding hydrogens is 196 g/mol. The van der Waals surface area contributed by atoms with Gasteiger partial charge in [-0.1, -0.05) is 13.8 Å². The normalized spacial score (nSPS) is 29.9. The first-order chi connectivity index (χ1) is 6.97. The summed E-state index contributed by atoms with van der Waals surface area (Å²) in [6, 6.07) is 0. The van der Waals surface area contributed by atoms with Crippen LogP contribution in [0.25, 0.3) is 0 Å². The molecule has 1 rings (SSSR count). The molecule has 0 aromatic rings. The number of hydrogen-bond donors (Lipinski definition) is 2. The number of rotatable bonds is 3. The van der Waals surface area contributed by atoms with Gasteiger partial charge >= 0.3 is 5.97 Å². The van der Waals surface area contributed by atoms with Gasteiger partial charge in [0.1, 0.15) is 0 Å². The Morgan fingerprint density at radius 3 is 2.53 bits per heavy atom. The second-order valence-corrected chi connectivity index (χ2v) is 4.63. The molecule has 0 aromatic heterocycles. The summed E-state index contributed by atoms with van der Waals surface area (Å²) < 4.78 is 5.25. The molecule has 0 aliphatic carbocycles. The van der Waals surface area contributed by atoms with Gasteiger partial charge in [-0.2, -0.15) is 0 Å². The van der Waals surface area contributed by atoms with Crippen LogP contribution in [0, 0.1) is 11.8 Å². The third-order valence-electron chi connectivity index (χ3n) is 3.09. The highest BCUT2D eigenvalue weighted by Crippen LogP contribution is 2.34. The predicted octanol–water partition coefficient (Wildman–Crippen LogP) is 1.27. The van der Waals surface area contributed by atoms with E-state index in [-0.39, 0.29) is 5.92 Å². The highest BCUT2D eigenvalue weighted by Gasteiger charge is 2.43. The zero-order chi connectivity index (χ0) is 11.5. The molecule has 15 heavy (non-hydrogen) atoms. The number of carbonyl (C=O) groups is 1.